The van der Waals surface area contributed by atoms with Crippen molar-refractivity contribution in [1.29, 1.82) is 0 Å². The van der Waals surface area contributed by atoms with Crippen molar-refractivity contribution >= 4 is 51.7 Å². The number of benzene rings is 2. The standard InChI is InChI=1S/C27H27N5O2S3/c1-17(25(34)29-26-23(24(28)33)20-14-8-9-15-21(20)37-26)36-27-31-30-22(16-35-19-12-6-3-7-13-19)32(27)18-10-4-2-5-11-18/h2-7,10-13,17H,8-9,14-16H2,1H3,(H2,28,33)(H,29,34). The zero-order valence-corrected chi connectivity index (χ0v) is 22.8. The minimum Gasteiger partial charge on any atom is -0.365 e. The predicted octanol–water partition coefficient (Wildman–Crippen LogP) is 5.72. The van der Waals surface area contributed by atoms with Crippen molar-refractivity contribution in [2.24, 2.45) is 5.73 Å². The molecule has 2 aromatic carbocycles. The summed E-state index contributed by atoms with van der Waals surface area (Å²) in [4.78, 5) is 27.7. The smallest absolute Gasteiger partial charge is 0.251 e. The molecule has 10 heteroatoms. The van der Waals surface area contributed by atoms with E-state index in [4.69, 9.17) is 5.73 Å². The summed E-state index contributed by atoms with van der Waals surface area (Å²) in [5.41, 5.74) is 8.12. The van der Waals surface area contributed by atoms with E-state index in [0.29, 0.717) is 21.5 Å². The fourth-order valence-electron chi connectivity index (χ4n) is 4.31. The first-order chi connectivity index (χ1) is 18.0. The van der Waals surface area contributed by atoms with E-state index in [1.54, 1.807) is 11.8 Å². The van der Waals surface area contributed by atoms with Crippen molar-refractivity contribution in [2.75, 3.05) is 5.32 Å². The number of carbonyl (C=O) groups excluding carboxylic acids is 2. The lowest BCUT2D eigenvalue weighted by molar-refractivity contribution is -0.115. The molecule has 4 aromatic rings. The predicted molar refractivity (Wildman–Crippen MR) is 151 cm³/mol. The Balaban J connectivity index is 1.36. The van der Waals surface area contributed by atoms with Crippen molar-refractivity contribution in [1.82, 2.24) is 14.8 Å². The Hall–Kier alpha value is -3.08. The van der Waals surface area contributed by atoms with Gasteiger partial charge in [0.15, 0.2) is 5.16 Å². The van der Waals surface area contributed by atoms with Crippen LogP contribution in [0.25, 0.3) is 5.69 Å². The highest BCUT2D eigenvalue weighted by molar-refractivity contribution is 8.00. The van der Waals surface area contributed by atoms with E-state index >= 15 is 0 Å². The highest BCUT2D eigenvalue weighted by Gasteiger charge is 2.27. The fourth-order valence-corrected chi connectivity index (χ4v) is 7.33. The molecule has 5 rings (SSSR count). The van der Waals surface area contributed by atoms with E-state index in [1.165, 1.54) is 23.1 Å². The largest absolute Gasteiger partial charge is 0.365 e. The minimum atomic E-state index is -0.487. The van der Waals surface area contributed by atoms with Crippen LogP contribution in [0.2, 0.25) is 0 Å². The Morgan fingerprint density at radius 3 is 2.49 bits per heavy atom. The lowest BCUT2D eigenvalue weighted by Gasteiger charge is -2.14. The molecule has 7 nitrogen and oxygen atoms in total. The Morgan fingerprint density at radius 1 is 1.05 bits per heavy atom. The zero-order valence-electron chi connectivity index (χ0n) is 20.3. The molecule has 1 atom stereocenters. The summed E-state index contributed by atoms with van der Waals surface area (Å²) in [6.07, 6.45) is 3.87. The number of amides is 2. The van der Waals surface area contributed by atoms with Gasteiger partial charge in [0.1, 0.15) is 10.8 Å². The molecule has 0 saturated heterocycles. The van der Waals surface area contributed by atoms with Gasteiger partial charge < -0.3 is 11.1 Å². The average molecular weight is 550 g/mol. The zero-order chi connectivity index (χ0) is 25.8. The third kappa shape index (κ3) is 5.76. The van der Waals surface area contributed by atoms with Crippen LogP contribution in [0.4, 0.5) is 5.00 Å². The summed E-state index contributed by atoms with van der Waals surface area (Å²) < 4.78 is 2.00. The van der Waals surface area contributed by atoms with Gasteiger partial charge in [0.05, 0.1) is 16.6 Å². The first-order valence-corrected chi connectivity index (χ1v) is 14.8. The molecule has 2 heterocycles. The Morgan fingerprint density at radius 2 is 1.76 bits per heavy atom. The molecule has 37 heavy (non-hydrogen) atoms. The van der Waals surface area contributed by atoms with Crippen LogP contribution in [-0.4, -0.2) is 31.8 Å². The maximum Gasteiger partial charge on any atom is 0.251 e. The molecule has 0 saturated carbocycles. The Bertz CT molecular complexity index is 1400. The van der Waals surface area contributed by atoms with Crippen LogP contribution >= 0.6 is 34.9 Å². The maximum absolute atomic E-state index is 13.2. The molecule has 0 bridgehead atoms. The summed E-state index contributed by atoms with van der Waals surface area (Å²) >= 11 is 4.50. The Kier molecular flexibility index (Phi) is 7.97. The number of anilines is 1. The maximum atomic E-state index is 13.2. The van der Waals surface area contributed by atoms with Gasteiger partial charge in [-0.05, 0) is 62.4 Å². The molecule has 0 spiro atoms. The van der Waals surface area contributed by atoms with E-state index in [0.717, 1.165) is 52.5 Å². The summed E-state index contributed by atoms with van der Waals surface area (Å²) in [6, 6.07) is 20.1. The van der Waals surface area contributed by atoms with Crippen molar-refractivity contribution in [3.63, 3.8) is 0 Å². The molecule has 2 aromatic heterocycles. The summed E-state index contributed by atoms with van der Waals surface area (Å²) in [6.45, 7) is 1.83. The average Bonchev–Trinajstić information content (AvgIpc) is 3.49. The molecule has 190 valence electrons. The van der Waals surface area contributed by atoms with E-state index in [2.05, 4.69) is 27.6 Å². The number of hydrogen-bond donors (Lipinski definition) is 2. The minimum absolute atomic E-state index is 0.200. The molecular weight excluding hydrogens is 523 g/mol. The number of aromatic nitrogens is 3. The number of aryl methyl sites for hydroxylation is 1. The van der Waals surface area contributed by atoms with Crippen LogP contribution < -0.4 is 11.1 Å². The van der Waals surface area contributed by atoms with Crippen LogP contribution in [0.5, 0.6) is 0 Å². The van der Waals surface area contributed by atoms with Crippen molar-refractivity contribution in [3.8, 4) is 5.69 Å². The molecule has 3 N–H and O–H groups in total. The number of thioether (sulfide) groups is 2. The third-order valence-corrected chi connectivity index (χ3v) is 9.39. The second kappa shape index (κ2) is 11.5. The molecule has 1 unspecified atom stereocenters. The topological polar surface area (TPSA) is 103 Å². The van der Waals surface area contributed by atoms with Crippen molar-refractivity contribution < 1.29 is 9.59 Å². The van der Waals surface area contributed by atoms with Gasteiger partial charge in [-0.25, -0.2) is 0 Å². The lowest BCUT2D eigenvalue weighted by atomic mass is 9.95. The fraction of sp³-hybridized carbons (Fsp3) is 0.259. The van der Waals surface area contributed by atoms with Crippen LogP contribution in [0.15, 0.2) is 70.7 Å². The monoisotopic (exact) mass is 549 g/mol. The summed E-state index contributed by atoms with van der Waals surface area (Å²) in [5.74, 6) is 0.751. The number of rotatable bonds is 9. The van der Waals surface area contributed by atoms with Gasteiger partial charge in [-0.1, -0.05) is 48.2 Å². The second-order valence-corrected chi connectivity index (χ2v) is 12.2. The molecule has 0 fully saturated rings. The molecule has 1 aliphatic carbocycles. The molecule has 0 aliphatic heterocycles. The van der Waals surface area contributed by atoms with Gasteiger partial charge in [-0.3, -0.25) is 14.2 Å². The number of hydrogen-bond acceptors (Lipinski definition) is 7. The van der Waals surface area contributed by atoms with Crippen LogP contribution in [0.3, 0.4) is 0 Å². The second-order valence-electron chi connectivity index (χ2n) is 8.70. The molecule has 1 aliphatic rings. The molecule has 0 radical (unpaired) electrons. The number of fused-ring (bicyclic) bond motifs is 1. The summed E-state index contributed by atoms with van der Waals surface area (Å²) in [5, 5.41) is 12.6. The van der Waals surface area contributed by atoms with E-state index in [-0.39, 0.29) is 5.91 Å². The number of nitrogens with two attached hydrogens (primary N) is 1. The molecule has 2 amide bonds. The van der Waals surface area contributed by atoms with Gasteiger partial charge in [-0.2, -0.15) is 0 Å². The van der Waals surface area contributed by atoms with Crippen LogP contribution in [0.1, 0.15) is 46.4 Å². The lowest BCUT2D eigenvalue weighted by Crippen LogP contribution is -2.24. The van der Waals surface area contributed by atoms with E-state index in [1.807, 2.05) is 60.0 Å². The van der Waals surface area contributed by atoms with Crippen molar-refractivity contribution in [2.45, 2.75) is 53.7 Å². The first kappa shape index (κ1) is 25.6. The number of thiophene rings is 1. The van der Waals surface area contributed by atoms with Crippen LogP contribution in [0, 0.1) is 0 Å². The van der Waals surface area contributed by atoms with Gasteiger partial charge in [0.2, 0.25) is 5.91 Å². The Labute approximate surface area is 228 Å². The highest BCUT2D eigenvalue weighted by atomic mass is 32.2. The van der Waals surface area contributed by atoms with E-state index < -0.39 is 11.2 Å². The number of primary amides is 1. The van der Waals surface area contributed by atoms with Gasteiger partial charge in [-0.15, -0.1) is 33.3 Å². The molecular formula is C27H27N5O2S3. The van der Waals surface area contributed by atoms with E-state index in [9.17, 15) is 9.59 Å². The highest BCUT2D eigenvalue weighted by Crippen LogP contribution is 2.38. The van der Waals surface area contributed by atoms with Gasteiger partial charge in [0, 0.05) is 15.5 Å². The number of para-hydroxylation sites is 1. The quantitative estimate of drug-likeness (QED) is 0.259. The summed E-state index contributed by atoms with van der Waals surface area (Å²) in [7, 11) is 0. The SMILES string of the molecule is CC(Sc1nnc(CSc2ccccc2)n1-c1ccccc1)C(=O)Nc1sc2c(c1C(N)=O)CCCC2. The number of nitrogens with zero attached hydrogens (tertiary/aromatic N) is 3. The first-order valence-electron chi connectivity index (χ1n) is 12.1. The number of carbonyl (C=O) groups is 2. The van der Waals surface area contributed by atoms with Gasteiger partial charge in [0.25, 0.3) is 5.91 Å². The van der Waals surface area contributed by atoms with Crippen LogP contribution in [-0.2, 0) is 23.4 Å². The third-order valence-electron chi connectivity index (χ3n) is 6.13. The van der Waals surface area contributed by atoms with Gasteiger partial charge >= 0.3 is 0 Å². The van der Waals surface area contributed by atoms with Crippen molar-refractivity contribution in [3.05, 3.63) is 82.5 Å². The number of nitrogens with one attached hydrogen (secondary N) is 1. The normalized spacial score (nSPS) is 13.6.